The summed E-state index contributed by atoms with van der Waals surface area (Å²) in [7, 11) is 0. The molecule has 1 heterocycles. The van der Waals surface area contributed by atoms with Gasteiger partial charge in [0.2, 0.25) is 0 Å². The van der Waals surface area contributed by atoms with Crippen LogP contribution in [0.5, 0.6) is 0 Å². The highest BCUT2D eigenvalue weighted by Crippen LogP contribution is 2.17. The zero-order chi connectivity index (χ0) is 12.0. The van der Waals surface area contributed by atoms with Crippen molar-refractivity contribution in [3.05, 3.63) is 0 Å². The average molecular weight is 223 g/mol. The Hall–Kier alpha value is -0.590. The number of hydrogen-bond donors (Lipinski definition) is 1. The molecule has 1 N–H and O–H groups in total. The van der Waals surface area contributed by atoms with Crippen LogP contribution in [0, 0.1) is 16.7 Å². The maximum Gasteiger partial charge on any atom is 0.0684 e. The van der Waals surface area contributed by atoms with E-state index in [1.165, 1.54) is 25.9 Å². The molecule has 1 fully saturated rings. The Kier molecular flexibility index (Phi) is 5.24. The van der Waals surface area contributed by atoms with Gasteiger partial charge in [-0.25, -0.2) is 0 Å². The van der Waals surface area contributed by atoms with Gasteiger partial charge in [-0.3, -0.25) is 4.90 Å². The summed E-state index contributed by atoms with van der Waals surface area (Å²) in [5, 5.41) is 12.3. The van der Waals surface area contributed by atoms with Crippen LogP contribution in [0.4, 0.5) is 0 Å². The molecular weight excluding hydrogens is 198 g/mol. The van der Waals surface area contributed by atoms with Crippen molar-refractivity contribution in [1.82, 2.24) is 10.2 Å². The molecule has 1 rings (SSSR count). The van der Waals surface area contributed by atoms with E-state index in [9.17, 15) is 0 Å². The van der Waals surface area contributed by atoms with Crippen molar-refractivity contribution < 1.29 is 0 Å². The molecule has 16 heavy (non-hydrogen) atoms. The minimum atomic E-state index is -0.191. The molecule has 1 saturated heterocycles. The maximum absolute atomic E-state index is 8.89. The quantitative estimate of drug-likeness (QED) is 0.700. The average Bonchev–Trinajstić information content (AvgIpc) is 2.77. The van der Waals surface area contributed by atoms with Crippen LogP contribution in [-0.2, 0) is 0 Å². The fourth-order valence-electron chi connectivity index (χ4n) is 2.08. The van der Waals surface area contributed by atoms with Gasteiger partial charge in [0.25, 0.3) is 0 Å². The summed E-state index contributed by atoms with van der Waals surface area (Å²) in [4.78, 5) is 2.54. The Morgan fingerprint density at radius 1 is 1.38 bits per heavy atom. The number of rotatable bonds is 6. The molecular formula is C13H25N3. The third-order valence-electron chi connectivity index (χ3n) is 3.43. The lowest BCUT2D eigenvalue weighted by atomic mass is 9.91. The van der Waals surface area contributed by atoms with Gasteiger partial charge in [0, 0.05) is 12.6 Å². The second-order valence-electron chi connectivity index (χ2n) is 5.54. The molecule has 0 aromatic rings. The Labute approximate surface area is 99.8 Å². The summed E-state index contributed by atoms with van der Waals surface area (Å²) in [5.74, 6) is 0. The Balaban J connectivity index is 2.09. The van der Waals surface area contributed by atoms with Crippen LogP contribution in [-0.4, -0.2) is 37.1 Å². The second-order valence-corrected chi connectivity index (χ2v) is 5.54. The molecule has 1 aliphatic rings. The lowest BCUT2D eigenvalue weighted by molar-refractivity contribution is 0.250. The van der Waals surface area contributed by atoms with Crippen molar-refractivity contribution in [3.63, 3.8) is 0 Å². The molecule has 3 heteroatoms. The van der Waals surface area contributed by atoms with Gasteiger partial charge in [-0.2, -0.15) is 5.26 Å². The fraction of sp³-hybridized carbons (Fsp3) is 0.923. The topological polar surface area (TPSA) is 39.1 Å². The molecule has 1 atom stereocenters. The van der Waals surface area contributed by atoms with Gasteiger partial charge in [0.15, 0.2) is 0 Å². The van der Waals surface area contributed by atoms with Crippen molar-refractivity contribution in [2.45, 2.75) is 46.1 Å². The van der Waals surface area contributed by atoms with Crippen molar-refractivity contribution in [3.8, 4) is 6.07 Å². The van der Waals surface area contributed by atoms with E-state index in [2.05, 4.69) is 23.2 Å². The van der Waals surface area contributed by atoms with Gasteiger partial charge >= 0.3 is 0 Å². The zero-order valence-corrected chi connectivity index (χ0v) is 10.9. The van der Waals surface area contributed by atoms with E-state index < -0.39 is 0 Å². The molecule has 0 aromatic carbocycles. The summed E-state index contributed by atoms with van der Waals surface area (Å²) in [6.07, 6.45) is 3.63. The molecule has 0 spiro atoms. The smallest absolute Gasteiger partial charge is 0.0684 e. The van der Waals surface area contributed by atoms with Gasteiger partial charge in [0.1, 0.15) is 0 Å². The number of nitrogens with one attached hydrogen (secondary N) is 1. The number of likely N-dealkylation sites (tertiary alicyclic amines) is 1. The first-order valence-corrected chi connectivity index (χ1v) is 6.41. The first kappa shape index (κ1) is 13.5. The van der Waals surface area contributed by atoms with E-state index in [0.29, 0.717) is 6.04 Å². The molecule has 3 nitrogen and oxygen atoms in total. The predicted molar refractivity (Wildman–Crippen MR) is 67.1 cm³/mol. The highest BCUT2D eigenvalue weighted by atomic mass is 15.2. The molecule has 0 amide bonds. The summed E-state index contributed by atoms with van der Waals surface area (Å²) < 4.78 is 0. The van der Waals surface area contributed by atoms with E-state index in [-0.39, 0.29) is 5.41 Å². The van der Waals surface area contributed by atoms with Crippen molar-refractivity contribution in [1.29, 1.82) is 5.26 Å². The normalized spacial score (nSPS) is 19.6. The first-order valence-electron chi connectivity index (χ1n) is 6.41. The zero-order valence-electron chi connectivity index (χ0n) is 10.9. The van der Waals surface area contributed by atoms with Gasteiger partial charge in [0.05, 0.1) is 11.5 Å². The monoisotopic (exact) mass is 223 g/mol. The summed E-state index contributed by atoms with van der Waals surface area (Å²) >= 11 is 0. The molecule has 1 unspecified atom stereocenters. The Morgan fingerprint density at radius 2 is 2.00 bits per heavy atom. The molecule has 0 bridgehead atoms. The molecule has 0 aliphatic carbocycles. The van der Waals surface area contributed by atoms with Gasteiger partial charge < -0.3 is 5.32 Å². The van der Waals surface area contributed by atoms with Crippen LogP contribution in [0.25, 0.3) is 0 Å². The molecule has 1 aliphatic heterocycles. The molecule has 0 aromatic heterocycles. The largest absolute Gasteiger partial charge is 0.315 e. The standard InChI is InChI=1S/C13H25N3/c1-12(16-8-4-5-9-16)10-15-7-6-13(2,3)11-14/h12,15H,4-10H2,1-3H3. The molecule has 0 radical (unpaired) electrons. The van der Waals surface area contributed by atoms with Crippen molar-refractivity contribution in [2.24, 2.45) is 5.41 Å². The summed E-state index contributed by atoms with van der Waals surface area (Å²) in [6.45, 7) is 10.8. The fourth-order valence-corrected chi connectivity index (χ4v) is 2.08. The van der Waals surface area contributed by atoms with Gasteiger partial charge in [-0.15, -0.1) is 0 Å². The van der Waals surface area contributed by atoms with E-state index >= 15 is 0 Å². The molecule has 92 valence electrons. The number of nitrogens with zero attached hydrogens (tertiary/aromatic N) is 2. The van der Waals surface area contributed by atoms with Crippen molar-refractivity contribution >= 4 is 0 Å². The Morgan fingerprint density at radius 3 is 2.56 bits per heavy atom. The molecule has 0 saturated carbocycles. The summed E-state index contributed by atoms with van der Waals surface area (Å²) in [5.41, 5.74) is -0.191. The van der Waals surface area contributed by atoms with Crippen LogP contribution in [0.2, 0.25) is 0 Å². The second kappa shape index (κ2) is 6.22. The predicted octanol–water partition coefficient (Wildman–Crippen LogP) is 2.00. The van der Waals surface area contributed by atoms with Crippen LogP contribution >= 0.6 is 0 Å². The number of hydrogen-bond acceptors (Lipinski definition) is 3. The van der Waals surface area contributed by atoms with Gasteiger partial charge in [-0.1, -0.05) is 0 Å². The number of nitriles is 1. The summed E-state index contributed by atoms with van der Waals surface area (Å²) in [6, 6.07) is 2.97. The minimum Gasteiger partial charge on any atom is -0.315 e. The van der Waals surface area contributed by atoms with Crippen LogP contribution < -0.4 is 5.32 Å². The van der Waals surface area contributed by atoms with E-state index in [0.717, 1.165) is 19.5 Å². The highest BCUT2D eigenvalue weighted by molar-refractivity contribution is 4.91. The van der Waals surface area contributed by atoms with Crippen LogP contribution in [0.1, 0.15) is 40.0 Å². The van der Waals surface area contributed by atoms with E-state index in [1.54, 1.807) is 0 Å². The highest BCUT2D eigenvalue weighted by Gasteiger charge is 2.18. The maximum atomic E-state index is 8.89. The third-order valence-corrected chi connectivity index (χ3v) is 3.43. The van der Waals surface area contributed by atoms with E-state index in [4.69, 9.17) is 5.26 Å². The SMILES string of the molecule is CC(CNCCC(C)(C)C#N)N1CCCC1. The Bertz CT molecular complexity index is 236. The van der Waals surface area contributed by atoms with Gasteiger partial charge in [-0.05, 0) is 59.7 Å². The minimum absolute atomic E-state index is 0.191. The third kappa shape index (κ3) is 4.51. The first-order chi connectivity index (χ1) is 7.55. The lowest BCUT2D eigenvalue weighted by Crippen LogP contribution is -2.39. The van der Waals surface area contributed by atoms with Crippen LogP contribution in [0.15, 0.2) is 0 Å². The van der Waals surface area contributed by atoms with E-state index in [1.807, 2.05) is 13.8 Å². The lowest BCUT2D eigenvalue weighted by Gasteiger charge is -2.24. The van der Waals surface area contributed by atoms with Crippen molar-refractivity contribution in [2.75, 3.05) is 26.2 Å². The van der Waals surface area contributed by atoms with Crippen LogP contribution in [0.3, 0.4) is 0 Å².